The molecule has 2 nitrogen and oxygen atoms in total. The molecule has 1 aromatic heterocycles. The van der Waals surface area contributed by atoms with Crippen LogP contribution in [-0.2, 0) is 6.42 Å². The first-order chi connectivity index (χ1) is 8.66. The van der Waals surface area contributed by atoms with Crippen molar-refractivity contribution < 1.29 is 0 Å². The molecule has 2 unspecified atom stereocenters. The predicted molar refractivity (Wildman–Crippen MR) is 77.1 cm³/mol. The van der Waals surface area contributed by atoms with E-state index in [9.17, 15) is 0 Å². The zero-order chi connectivity index (χ0) is 12.7. The Kier molecular flexibility index (Phi) is 3.08. The minimum Gasteiger partial charge on any atom is -0.357 e. The quantitative estimate of drug-likeness (QED) is 0.849. The number of benzene rings is 1. The van der Waals surface area contributed by atoms with Crippen LogP contribution in [0.3, 0.4) is 0 Å². The van der Waals surface area contributed by atoms with Crippen molar-refractivity contribution in [3.63, 3.8) is 0 Å². The lowest BCUT2D eigenvalue weighted by Crippen LogP contribution is -2.25. The zero-order valence-electron chi connectivity index (χ0n) is 10.7. The summed E-state index contributed by atoms with van der Waals surface area (Å²) in [6.45, 7) is 2.13. The number of para-hydroxylation sites is 1. The molecular weight excluding hydrogens is 244 g/mol. The first kappa shape index (κ1) is 12.1. The number of hydrogen-bond acceptors (Lipinski definition) is 1. The molecule has 1 heterocycles. The van der Waals surface area contributed by atoms with Gasteiger partial charge in [0.15, 0.2) is 0 Å². The summed E-state index contributed by atoms with van der Waals surface area (Å²) in [4.78, 5) is 3.41. The van der Waals surface area contributed by atoms with E-state index in [1.807, 2.05) is 12.1 Å². The number of aromatic nitrogens is 1. The first-order valence-corrected chi connectivity index (χ1v) is 7.06. The van der Waals surface area contributed by atoms with Crippen molar-refractivity contribution in [3.05, 3.63) is 34.5 Å². The number of aryl methyl sites for hydroxylation is 1. The molecule has 1 aliphatic carbocycles. The lowest BCUT2D eigenvalue weighted by Gasteiger charge is -2.15. The summed E-state index contributed by atoms with van der Waals surface area (Å²) in [5.74, 6) is 0.627. The number of nitrogens with two attached hydrogens (primary N) is 1. The third-order valence-corrected chi connectivity index (χ3v) is 4.60. The maximum Gasteiger partial charge on any atom is 0.0648 e. The van der Waals surface area contributed by atoms with Crippen LogP contribution in [0.15, 0.2) is 18.2 Å². The molecule has 1 aliphatic rings. The van der Waals surface area contributed by atoms with Crippen molar-refractivity contribution in [3.8, 4) is 0 Å². The van der Waals surface area contributed by atoms with Crippen LogP contribution in [0, 0.1) is 12.8 Å². The molecule has 3 heteroatoms. The maximum atomic E-state index is 6.23. The van der Waals surface area contributed by atoms with E-state index in [4.69, 9.17) is 17.3 Å². The minimum absolute atomic E-state index is 0.369. The van der Waals surface area contributed by atoms with E-state index < -0.39 is 0 Å². The molecule has 0 aliphatic heterocycles. The van der Waals surface area contributed by atoms with E-state index in [0.717, 1.165) is 17.0 Å². The number of rotatable bonds is 2. The highest BCUT2D eigenvalue weighted by Gasteiger charge is 2.25. The average molecular weight is 263 g/mol. The average Bonchev–Trinajstić information content (AvgIpc) is 2.87. The van der Waals surface area contributed by atoms with E-state index in [1.54, 1.807) is 0 Å². The van der Waals surface area contributed by atoms with Gasteiger partial charge >= 0.3 is 0 Å². The van der Waals surface area contributed by atoms with Crippen molar-refractivity contribution >= 4 is 22.5 Å². The Labute approximate surface area is 113 Å². The smallest absolute Gasteiger partial charge is 0.0648 e. The van der Waals surface area contributed by atoms with Gasteiger partial charge in [-0.3, -0.25) is 0 Å². The van der Waals surface area contributed by atoms with E-state index >= 15 is 0 Å². The molecule has 0 radical (unpaired) electrons. The van der Waals surface area contributed by atoms with Crippen molar-refractivity contribution in [2.75, 3.05) is 0 Å². The van der Waals surface area contributed by atoms with E-state index in [0.29, 0.717) is 12.0 Å². The summed E-state index contributed by atoms with van der Waals surface area (Å²) < 4.78 is 0. The summed E-state index contributed by atoms with van der Waals surface area (Å²) in [6, 6.07) is 6.48. The molecule has 0 bridgehead atoms. The summed E-state index contributed by atoms with van der Waals surface area (Å²) in [6.07, 6.45) is 4.78. The topological polar surface area (TPSA) is 41.8 Å². The van der Waals surface area contributed by atoms with Crippen molar-refractivity contribution in [2.24, 2.45) is 11.7 Å². The molecule has 18 heavy (non-hydrogen) atoms. The Morgan fingerprint density at radius 1 is 1.39 bits per heavy atom. The molecule has 3 N–H and O–H groups in total. The van der Waals surface area contributed by atoms with Crippen molar-refractivity contribution in [1.29, 1.82) is 0 Å². The minimum atomic E-state index is 0.369. The molecule has 96 valence electrons. The fourth-order valence-corrected chi connectivity index (χ4v) is 3.43. The van der Waals surface area contributed by atoms with E-state index in [-0.39, 0.29) is 0 Å². The number of aromatic amines is 1. The third kappa shape index (κ3) is 1.94. The normalized spacial score (nSPS) is 23.9. The molecule has 0 spiro atoms. The van der Waals surface area contributed by atoms with Crippen molar-refractivity contribution in [1.82, 2.24) is 4.98 Å². The summed E-state index contributed by atoms with van der Waals surface area (Å²) >= 11 is 6.23. The Bertz CT molecular complexity index is 573. The summed E-state index contributed by atoms with van der Waals surface area (Å²) in [5.41, 5.74) is 9.88. The van der Waals surface area contributed by atoms with Gasteiger partial charge in [-0.15, -0.1) is 0 Å². The van der Waals surface area contributed by atoms with Gasteiger partial charge < -0.3 is 10.7 Å². The highest BCUT2D eigenvalue weighted by atomic mass is 35.5. The van der Waals surface area contributed by atoms with E-state index in [2.05, 4.69) is 18.0 Å². The Morgan fingerprint density at radius 2 is 2.22 bits per heavy atom. The van der Waals surface area contributed by atoms with Crippen molar-refractivity contribution in [2.45, 2.75) is 38.6 Å². The standard InChI is InChI=1S/C15H19ClN2/c1-9-12(8-10-4-2-7-14(10)17)11-5-3-6-13(16)15(11)18-9/h3,5-6,10,14,18H,2,4,7-8,17H2,1H3. The summed E-state index contributed by atoms with van der Waals surface area (Å²) in [5, 5.41) is 2.07. The van der Waals surface area contributed by atoms with Gasteiger partial charge in [0.25, 0.3) is 0 Å². The lowest BCUT2D eigenvalue weighted by molar-refractivity contribution is 0.479. The van der Waals surface area contributed by atoms with Gasteiger partial charge in [0.2, 0.25) is 0 Å². The molecule has 1 fully saturated rings. The van der Waals surface area contributed by atoms with E-state index in [1.165, 1.54) is 35.9 Å². The monoisotopic (exact) mass is 262 g/mol. The molecule has 0 saturated heterocycles. The van der Waals surface area contributed by atoms with Crippen LogP contribution in [0.4, 0.5) is 0 Å². The fraction of sp³-hybridized carbons (Fsp3) is 0.467. The zero-order valence-corrected chi connectivity index (χ0v) is 11.4. The highest BCUT2D eigenvalue weighted by Crippen LogP contribution is 2.33. The van der Waals surface area contributed by atoms with Gasteiger partial charge in [0, 0.05) is 17.1 Å². The molecule has 2 atom stereocenters. The lowest BCUT2D eigenvalue weighted by atomic mass is 9.93. The highest BCUT2D eigenvalue weighted by molar-refractivity contribution is 6.35. The predicted octanol–water partition coefficient (Wildman–Crippen LogP) is 3.80. The molecule has 1 saturated carbocycles. The second-order valence-corrected chi connectivity index (χ2v) is 5.86. The maximum absolute atomic E-state index is 6.23. The summed E-state index contributed by atoms with van der Waals surface area (Å²) in [7, 11) is 0. The van der Waals surface area contributed by atoms with Crippen LogP contribution in [-0.4, -0.2) is 11.0 Å². The van der Waals surface area contributed by atoms with Gasteiger partial charge in [-0.2, -0.15) is 0 Å². The number of H-pyrrole nitrogens is 1. The number of nitrogens with one attached hydrogen (secondary N) is 1. The first-order valence-electron chi connectivity index (χ1n) is 6.68. The Morgan fingerprint density at radius 3 is 2.94 bits per heavy atom. The second-order valence-electron chi connectivity index (χ2n) is 5.45. The number of halogens is 1. The third-order valence-electron chi connectivity index (χ3n) is 4.29. The molecule has 1 aromatic carbocycles. The van der Waals surface area contributed by atoms with Crippen LogP contribution in [0.1, 0.15) is 30.5 Å². The number of fused-ring (bicyclic) bond motifs is 1. The second kappa shape index (κ2) is 4.60. The van der Waals surface area contributed by atoms with Gasteiger partial charge in [0.05, 0.1) is 10.5 Å². The van der Waals surface area contributed by atoms with Crippen LogP contribution in [0.25, 0.3) is 10.9 Å². The fourth-order valence-electron chi connectivity index (χ4n) is 3.21. The Balaban J connectivity index is 2.01. The van der Waals surface area contributed by atoms with Gasteiger partial charge in [-0.05, 0) is 43.7 Å². The SMILES string of the molecule is Cc1[nH]c2c(Cl)cccc2c1CC1CCCC1N. The largest absolute Gasteiger partial charge is 0.357 e. The van der Waals surface area contributed by atoms with Crippen LogP contribution >= 0.6 is 11.6 Å². The molecule has 0 amide bonds. The van der Waals surface area contributed by atoms with Gasteiger partial charge in [-0.25, -0.2) is 0 Å². The van der Waals surface area contributed by atoms with Crippen LogP contribution < -0.4 is 5.73 Å². The molecular formula is C15H19ClN2. The van der Waals surface area contributed by atoms with Crippen LogP contribution in [0.5, 0.6) is 0 Å². The molecule has 2 aromatic rings. The molecule has 3 rings (SSSR count). The Hall–Kier alpha value is -0.990. The van der Waals surface area contributed by atoms with Gasteiger partial charge in [-0.1, -0.05) is 30.2 Å². The van der Waals surface area contributed by atoms with Crippen LogP contribution in [0.2, 0.25) is 5.02 Å². The number of hydrogen-bond donors (Lipinski definition) is 2. The van der Waals surface area contributed by atoms with Gasteiger partial charge in [0.1, 0.15) is 0 Å².